The Labute approximate surface area is 228 Å². The van der Waals surface area contributed by atoms with Crippen LogP contribution in [0.3, 0.4) is 0 Å². The van der Waals surface area contributed by atoms with Gasteiger partial charge in [0.2, 0.25) is 5.91 Å². The number of ether oxygens (including phenoxy) is 2. The standard InChI is InChI=1S/C32H44N2O4/c1-25(35)38-29-16-11-15-27(22-29)31-20-21-33(2)24-32(31,37-4)19-18-28(23-31)34(3)30(36)17-10-6-9-14-26-12-7-5-8-13-26/h5,7-8,11-13,15-16,22,28H,6,9-10,14,17-21,23-24H2,1-4H3. The predicted molar refractivity (Wildman–Crippen MR) is 150 cm³/mol. The summed E-state index contributed by atoms with van der Waals surface area (Å²) in [6.07, 6.45) is 8.32. The Hall–Kier alpha value is -2.70. The van der Waals surface area contributed by atoms with E-state index >= 15 is 0 Å². The lowest BCUT2D eigenvalue weighted by atomic mass is 9.55. The number of carbonyl (C=O) groups excluding carboxylic acids is 2. The van der Waals surface area contributed by atoms with Gasteiger partial charge in [0.25, 0.3) is 0 Å². The first-order chi connectivity index (χ1) is 18.3. The highest BCUT2D eigenvalue weighted by molar-refractivity contribution is 5.76. The number of amides is 1. The summed E-state index contributed by atoms with van der Waals surface area (Å²) in [5.74, 6) is 0.475. The van der Waals surface area contributed by atoms with Crippen LogP contribution < -0.4 is 4.74 Å². The van der Waals surface area contributed by atoms with Crippen molar-refractivity contribution in [2.45, 2.75) is 81.8 Å². The van der Waals surface area contributed by atoms with Crippen LogP contribution in [-0.4, -0.2) is 67.6 Å². The van der Waals surface area contributed by atoms with Crippen molar-refractivity contribution in [3.8, 4) is 5.75 Å². The second-order valence-electron chi connectivity index (χ2n) is 11.3. The number of unbranched alkanes of at least 4 members (excludes halogenated alkanes) is 2. The van der Waals surface area contributed by atoms with E-state index in [2.05, 4.69) is 42.3 Å². The molecule has 0 aromatic heterocycles. The normalized spacial score (nSPS) is 25.4. The largest absolute Gasteiger partial charge is 0.427 e. The fourth-order valence-electron chi connectivity index (χ4n) is 6.83. The summed E-state index contributed by atoms with van der Waals surface area (Å²) < 4.78 is 11.9. The smallest absolute Gasteiger partial charge is 0.308 e. The molecule has 2 aromatic carbocycles. The van der Waals surface area contributed by atoms with E-state index in [1.54, 1.807) is 0 Å². The fraction of sp³-hybridized carbons (Fsp3) is 0.562. The maximum atomic E-state index is 13.3. The lowest BCUT2D eigenvalue weighted by Crippen LogP contribution is -2.67. The highest BCUT2D eigenvalue weighted by Gasteiger charge is 2.59. The molecule has 0 radical (unpaired) electrons. The third-order valence-corrected chi connectivity index (χ3v) is 8.96. The van der Waals surface area contributed by atoms with Gasteiger partial charge >= 0.3 is 5.97 Å². The summed E-state index contributed by atoms with van der Waals surface area (Å²) in [5, 5.41) is 0. The van der Waals surface area contributed by atoms with Crippen LogP contribution in [0.1, 0.15) is 69.4 Å². The number of likely N-dealkylation sites (tertiary alicyclic amines) is 1. The van der Waals surface area contributed by atoms with Gasteiger partial charge in [0, 0.05) is 45.5 Å². The quantitative estimate of drug-likeness (QED) is 0.239. The second kappa shape index (κ2) is 12.4. The number of esters is 1. The van der Waals surface area contributed by atoms with E-state index in [-0.39, 0.29) is 28.9 Å². The van der Waals surface area contributed by atoms with Crippen LogP contribution in [0.5, 0.6) is 5.75 Å². The lowest BCUT2D eigenvalue weighted by molar-refractivity contribution is -0.157. The Bertz CT molecular complexity index is 1090. The molecule has 1 saturated heterocycles. The SMILES string of the molecule is COC12CCC(N(C)C(=O)CCCCCc3ccccc3)CC1(c1cccc(OC(C)=O)c1)CCN(C)C2. The number of nitrogens with zero attached hydrogens (tertiary/aromatic N) is 2. The number of fused-ring (bicyclic) bond motifs is 1. The molecule has 6 heteroatoms. The molecular formula is C32H44N2O4. The summed E-state index contributed by atoms with van der Waals surface area (Å²) in [4.78, 5) is 29.3. The zero-order valence-corrected chi connectivity index (χ0v) is 23.6. The minimum atomic E-state index is -0.354. The minimum absolute atomic E-state index is 0.149. The van der Waals surface area contributed by atoms with Gasteiger partial charge in [-0.15, -0.1) is 0 Å². The third-order valence-electron chi connectivity index (χ3n) is 8.96. The Morgan fingerprint density at radius 2 is 1.84 bits per heavy atom. The predicted octanol–water partition coefficient (Wildman–Crippen LogP) is 5.38. The molecule has 0 bridgehead atoms. The van der Waals surface area contributed by atoms with Crippen molar-refractivity contribution < 1.29 is 19.1 Å². The van der Waals surface area contributed by atoms with Gasteiger partial charge in [-0.2, -0.15) is 0 Å². The Balaban J connectivity index is 1.46. The molecule has 1 saturated carbocycles. The van der Waals surface area contributed by atoms with Crippen LogP contribution in [0.4, 0.5) is 0 Å². The second-order valence-corrected chi connectivity index (χ2v) is 11.3. The highest BCUT2D eigenvalue weighted by atomic mass is 16.5. The van der Waals surface area contributed by atoms with Crippen molar-refractivity contribution in [2.75, 3.05) is 34.3 Å². The van der Waals surface area contributed by atoms with Gasteiger partial charge in [0.15, 0.2) is 0 Å². The highest BCUT2D eigenvalue weighted by Crippen LogP contribution is 2.54. The topological polar surface area (TPSA) is 59.1 Å². The van der Waals surface area contributed by atoms with Gasteiger partial charge in [0.1, 0.15) is 5.75 Å². The van der Waals surface area contributed by atoms with E-state index in [4.69, 9.17) is 9.47 Å². The molecule has 2 fully saturated rings. The maximum absolute atomic E-state index is 13.3. The molecule has 1 aliphatic carbocycles. The molecule has 0 spiro atoms. The van der Waals surface area contributed by atoms with E-state index in [1.807, 2.05) is 43.3 Å². The molecule has 2 aliphatic rings. The van der Waals surface area contributed by atoms with Crippen LogP contribution in [0.15, 0.2) is 54.6 Å². The summed E-state index contributed by atoms with van der Waals surface area (Å²) in [6, 6.07) is 18.7. The van der Waals surface area contributed by atoms with Crippen molar-refractivity contribution >= 4 is 11.9 Å². The van der Waals surface area contributed by atoms with Crippen LogP contribution in [0.2, 0.25) is 0 Å². The fourth-order valence-corrected chi connectivity index (χ4v) is 6.83. The van der Waals surface area contributed by atoms with Crippen LogP contribution in [-0.2, 0) is 26.2 Å². The maximum Gasteiger partial charge on any atom is 0.308 e. The van der Waals surface area contributed by atoms with Crippen molar-refractivity contribution in [1.29, 1.82) is 0 Å². The molecule has 38 heavy (non-hydrogen) atoms. The van der Waals surface area contributed by atoms with Gasteiger partial charge < -0.3 is 19.3 Å². The first-order valence-corrected chi connectivity index (χ1v) is 14.1. The monoisotopic (exact) mass is 520 g/mol. The zero-order chi connectivity index (χ0) is 27.2. The number of aryl methyl sites for hydroxylation is 1. The number of piperidine rings is 1. The summed E-state index contributed by atoms with van der Waals surface area (Å²) >= 11 is 0. The van der Waals surface area contributed by atoms with Gasteiger partial charge in [0.05, 0.1) is 5.60 Å². The minimum Gasteiger partial charge on any atom is -0.427 e. The molecule has 0 N–H and O–H groups in total. The van der Waals surface area contributed by atoms with Crippen LogP contribution in [0, 0.1) is 0 Å². The van der Waals surface area contributed by atoms with E-state index in [9.17, 15) is 9.59 Å². The Morgan fingerprint density at radius 3 is 2.58 bits per heavy atom. The van der Waals surface area contributed by atoms with Crippen LogP contribution >= 0.6 is 0 Å². The molecule has 206 valence electrons. The molecule has 3 unspecified atom stereocenters. The number of hydrogen-bond donors (Lipinski definition) is 0. The molecule has 6 nitrogen and oxygen atoms in total. The van der Waals surface area contributed by atoms with Crippen molar-refractivity contribution in [1.82, 2.24) is 9.80 Å². The van der Waals surface area contributed by atoms with Crippen molar-refractivity contribution in [3.05, 3.63) is 65.7 Å². The van der Waals surface area contributed by atoms with E-state index in [0.717, 1.165) is 70.0 Å². The van der Waals surface area contributed by atoms with Gasteiger partial charge in [-0.25, -0.2) is 0 Å². The molecule has 1 aliphatic heterocycles. The summed E-state index contributed by atoms with van der Waals surface area (Å²) in [6.45, 7) is 3.22. The first-order valence-electron chi connectivity index (χ1n) is 14.1. The number of rotatable bonds is 10. The Morgan fingerprint density at radius 1 is 1.05 bits per heavy atom. The third kappa shape index (κ3) is 6.13. The number of likely N-dealkylation sites (N-methyl/N-ethyl adjacent to an activating group) is 1. The molecular weight excluding hydrogens is 476 g/mol. The van der Waals surface area contributed by atoms with Crippen molar-refractivity contribution in [3.63, 3.8) is 0 Å². The van der Waals surface area contributed by atoms with Gasteiger partial charge in [-0.3, -0.25) is 9.59 Å². The van der Waals surface area contributed by atoms with E-state index in [0.29, 0.717) is 12.2 Å². The van der Waals surface area contributed by atoms with Gasteiger partial charge in [-0.1, -0.05) is 48.9 Å². The summed E-state index contributed by atoms with van der Waals surface area (Å²) in [7, 11) is 5.96. The first kappa shape index (κ1) is 28.3. The average molecular weight is 521 g/mol. The van der Waals surface area contributed by atoms with Gasteiger partial charge in [-0.05, 0) is 81.8 Å². The molecule has 2 aromatic rings. The molecule has 1 amide bonds. The van der Waals surface area contributed by atoms with Crippen molar-refractivity contribution in [2.24, 2.45) is 0 Å². The number of methoxy groups -OCH3 is 1. The number of benzene rings is 2. The molecule has 4 rings (SSSR count). The molecule has 1 heterocycles. The van der Waals surface area contributed by atoms with Crippen LogP contribution in [0.25, 0.3) is 0 Å². The average Bonchev–Trinajstić information content (AvgIpc) is 2.92. The Kier molecular flexibility index (Phi) is 9.27. The van der Waals surface area contributed by atoms with E-state index < -0.39 is 0 Å². The van der Waals surface area contributed by atoms with E-state index in [1.165, 1.54) is 12.5 Å². The lowest BCUT2D eigenvalue weighted by Gasteiger charge is -2.60. The molecule has 3 atom stereocenters. The zero-order valence-electron chi connectivity index (χ0n) is 23.6. The number of hydrogen-bond acceptors (Lipinski definition) is 5. The summed E-state index contributed by atoms with van der Waals surface area (Å²) in [5.41, 5.74) is 1.88. The number of carbonyl (C=O) groups is 2.